The van der Waals surface area contributed by atoms with Crippen LogP contribution < -0.4 is 5.32 Å². The maximum Gasteiger partial charge on any atom is 0.306 e. The average molecular weight is 526 g/mol. The number of carbonyl (C=O) groups excluding carboxylic acids is 3. The van der Waals surface area contributed by atoms with Crippen LogP contribution in [0.4, 0.5) is 0 Å². The number of aromatic nitrogens is 2. The smallest absolute Gasteiger partial charge is 0.306 e. The number of esters is 1. The first-order chi connectivity index (χ1) is 18.9. The predicted octanol–water partition coefficient (Wildman–Crippen LogP) is 4.54. The molecule has 200 valence electrons. The molecule has 2 aromatic heterocycles. The second-order valence-electron chi connectivity index (χ2n) is 10.6. The highest BCUT2D eigenvalue weighted by atomic mass is 16.6. The van der Waals surface area contributed by atoms with E-state index < -0.39 is 0 Å². The number of nitrogens with zero attached hydrogens (tertiary/aromatic N) is 2. The number of imide groups is 1. The van der Waals surface area contributed by atoms with E-state index >= 15 is 0 Å². The van der Waals surface area contributed by atoms with Crippen LogP contribution in [0, 0.1) is 5.92 Å². The Morgan fingerprint density at radius 3 is 2.08 bits per heavy atom. The van der Waals surface area contributed by atoms with Gasteiger partial charge in [-0.3, -0.25) is 19.7 Å². The number of rotatable bonds is 4. The molecule has 4 heterocycles. The summed E-state index contributed by atoms with van der Waals surface area (Å²) >= 11 is 0. The Kier molecular flexibility index (Phi) is 6.56. The lowest BCUT2D eigenvalue weighted by Gasteiger charge is -2.19. The number of hydrogen-bond acceptors (Lipinski definition) is 5. The van der Waals surface area contributed by atoms with Gasteiger partial charge in [-0.1, -0.05) is 50.2 Å². The van der Waals surface area contributed by atoms with Gasteiger partial charge in [0.15, 0.2) is 0 Å². The van der Waals surface area contributed by atoms with Crippen LogP contribution in [0.3, 0.4) is 0 Å². The summed E-state index contributed by atoms with van der Waals surface area (Å²) in [7, 11) is 0. The molecular formula is C31H31N3O5. The number of amides is 2. The number of para-hydroxylation sites is 2. The summed E-state index contributed by atoms with van der Waals surface area (Å²) in [6, 6.07) is 15.7. The molecule has 4 bridgehead atoms. The third kappa shape index (κ3) is 4.65. The Bertz CT molecular complexity index is 1640. The van der Waals surface area contributed by atoms with E-state index in [1.165, 1.54) is 0 Å². The molecule has 0 fully saturated rings. The minimum absolute atomic E-state index is 0.182. The fourth-order valence-corrected chi connectivity index (χ4v) is 5.62. The van der Waals surface area contributed by atoms with Crippen molar-refractivity contribution in [3.8, 4) is 0 Å². The van der Waals surface area contributed by atoms with Gasteiger partial charge < -0.3 is 18.6 Å². The SMILES string of the molecule is CC(C)CC(=O)OCC1CCn2cc(c3ccccc32)C2=C(C(=O)NC2=O)c2cn(c3ccccc23)CCO1. The monoisotopic (exact) mass is 525 g/mol. The van der Waals surface area contributed by atoms with Crippen molar-refractivity contribution < 1.29 is 23.9 Å². The quantitative estimate of drug-likeness (QED) is 0.312. The van der Waals surface area contributed by atoms with Crippen LogP contribution in [0.5, 0.6) is 0 Å². The molecule has 0 spiro atoms. The van der Waals surface area contributed by atoms with Gasteiger partial charge in [-0.2, -0.15) is 0 Å². The van der Waals surface area contributed by atoms with E-state index in [0.717, 1.165) is 32.9 Å². The lowest BCUT2D eigenvalue weighted by atomic mass is 9.95. The molecule has 8 nitrogen and oxygen atoms in total. The molecule has 2 aliphatic rings. The third-order valence-corrected chi connectivity index (χ3v) is 7.43. The van der Waals surface area contributed by atoms with Gasteiger partial charge >= 0.3 is 5.97 Å². The fraction of sp³-hybridized carbons (Fsp3) is 0.323. The summed E-state index contributed by atoms with van der Waals surface area (Å²) in [6.07, 6.45) is 4.58. The van der Waals surface area contributed by atoms with Crippen LogP contribution in [-0.2, 0) is 36.9 Å². The van der Waals surface area contributed by atoms with Gasteiger partial charge in [0.05, 0.1) is 23.9 Å². The fourth-order valence-electron chi connectivity index (χ4n) is 5.62. The lowest BCUT2D eigenvalue weighted by Crippen LogP contribution is -2.26. The van der Waals surface area contributed by atoms with Crippen LogP contribution in [0.15, 0.2) is 60.9 Å². The van der Waals surface area contributed by atoms with Crippen molar-refractivity contribution in [3.05, 3.63) is 72.1 Å². The molecule has 6 rings (SSSR count). The molecular weight excluding hydrogens is 494 g/mol. The molecule has 2 amide bonds. The second kappa shape index (κ2) is 10.2. The number of carbonyl (C=O) groups is 3. The number of aryl methyl sites for hydroxylation is 1. The van der Waals surface area contributed by atoms with Gasteiger partial charge in [0.1, 0.15) is 6.61 Å². The van der Waals surface area contributed by atoms with Crippen LogP contribution in [0.1, 0.15) is 37.8 Å². The van der Waals surface area contributed by atoms with Crippen molar-refractivity contribution in [2.75, 3.05) is 13.2 Å². The molecule has 0 saturated heterocycles. The zero-order valence-corrected chi connectivity index (χ0v) is 22.1. The Morgan fingerprint density at radius 2 is 1.49 bits per heavy atom. The molecule has 0 radical (unpaired) electrons. The summed E-state index contributed by atoms with van der Waals surface area (Å²) in [5, 5.41) is 4.34. The molecule has 1 atom stereocenters. The van der Waals surface area contributed by atoms with Crippen molar-refractivity contribution in [1.82, 2.24) is 14.5 Å². The van der Waals surface area contributed by atoms with Crippen molar-refractivity contribution >= 4 is 50.7 Å². The van der Waals surface area contributed by atoms with Gasteiger partial charge in [0.2, 0.25) is 0 Å². The highest BCUT2D eigenvalue weighted by Gasteiger charge is 2.35. The van der Waals surface area contributed by atoms with Crippen molar-refractivity contribution in [3.63, 3.8) is 0 Å². The van der Waals surface area contributed by atoms with Gasteiger partial charge in [0, 0.05) is 64.8 Å². The average Bonchev–Trinajstić information content (AvgIpc) is 3.55. The van der Waals surface area contributed by atoms with E-state index in [2.05, 4.69) is 14.5 Å². The van der Waals surface area contributed by atoms with E-state index in [0.29, 0.717) is 43.7 Å². The van der Waals surface area contributed by atoms with Gasteiger partial charge in [-0.25, -0.2) is 0 Å². The van der Waals surface area contributed by atoms with Crippen molar-refractivity contribution in [2.24, 2.45) is 5.92 Å². The zero-order valence-electron chi connectivity index (χ0n) is 22.1. The number of benzene rings is 2. The summed E-state index contributed by atoms with van der Waals surface area (Å²) in [5.41, 5.74) is 4.14. The second-order valence-corrected chi connectivity index (χ2v) is 10.6. The van der Waals surface area contributed by atoms with Crippen molar-refractivity contribution in [2.45, 2.75) is 45.9 Å². The van der Waals surface area contributed by atoms with Crippen molar-refractivity contribution in [1.29, 1.82) is 0 Å². The molecule has 4 aromatic rings. The lowest BCUT2D eigenvalue weighted by molar-refractivity contribution is -0.149. The molecule has 0 saturated carbocycles. The molecule has 1 unspecified atom stereocenters. The predicted molar refractivity (Wildman–Crippen MR) is 149 cm³/mol. The highest BCUT2D eigenvalue weighted by Crippen LogP contribution is 2.39. The third-order valence-electron chi connectivity index (χ3n) is 7.43. The largest absolute Gasteiger partial charge is 0.463 e. The van der Waals surface area contributed by atoms with E-state index in [1.54, 1.807) is 0 Å². The van der Waals surface area contributed by atoms with Crippen LogP contribution >= 0.6 is 0 Å². The summed E-state index contributed by atoms with van der Waals surface area (Å²) < 4.78 is 16.0. The van der Waals surface area contributed by atoms with E-state index in [4.69, 9.17) is 9.47 Å². The highest BCUT2D eigenvalue weighted by molar-refractivity contribution is 6.50. The number of nitrogens with one attached hydrogen (secondary N) is 1. The van der Waals surface area contributed by atoms with E-state index in [1.807, 2.05) is 74.8 Å². The number of fused-ring (bicyclic) bond motifs is 12. The van der Waals surface area contributed by atoms with Gasteiger partial charge in [0.25, 0.3) is 11.8 Å². The minimum atomic E-state index is -0.389. The molecule has 1 N–H and O–H groups in total. The molecule has 39 heavy (non-hydrogen) atoms. The van der Waals surface area contributed by atoms with Crippen LogP contribution in [0.2, 0.25) is 0 Å². The molecule has 0 aliphatic carbocycles. The Hall–Kier alpha value is -4.17. The molecule has 2 aromatic carbocycles. The maximum atomic E-state index is 13.3. The summed E-state index contributed by atoms with van der Waals surface area (Å²) in [6.45, 7) is 5.70. The number of ether oxygens (including phenoxy) is 2. The standard InChI is InChI=1S/C31H31N3O5/c1-19(2)15-27(35)39-18-20-11-12-33-16-23(21-7-3-5-9-25(21)33)28-29(31(37)32-30(28)36)24-17-34(13-14-38-20)26-10-6-4-8-22(24)26/h3-10,16-17,19-20H,11-15,18H2,1-2H3,(H,32,36,37). The molecule has 8 heteroatoms. The van der Waals surface area contributed by atoms with Crippen LogP contribution in [0.25, 0.3) is 33.0 Å². The van der Waals surface area contributed by atoms with Crippen LogP contribution in [-0.4, -0.2) is 46.2 Å². The minimum Gasteiger partial charge on any atom is -0.463 e. The Morgan fingerprint density at radius 1 is 0.923 bits per heavy atom. The van der Waals surface area contributed by atoms with E-state index in [-0.39, 0.29) is 36.4 Å². The Balaban J connectivity index is 1.48. The topological polar surface area (TPSA) is 91.6 Å². The summed E-state index contributed by atoms with van der Waals surface area (Å²) in [4.78, 5) is 38.8. The zero-order chi connectivity index (χ0) is 27.1. The maximum absolute atomic E-state index is 13.3. The van der Waals surface area contributed by atoms with Gasteiger partial charge in [-0.15, -0.1) is 0 Å². The molecule has 2 aliphatic heterocycles. The van der Waals surface area contributed by atoms with Gasteiger partial charge in [-0.05, 0) is 24.5 Å². The first-order valence-electron chi connectivity index (χ1n) is 13.4. The first-order valence-corrected chi connectivity index (χ1v) is 13.4. The number of hydrogen-bond donors (Lipinski definition) is 1. The van der Waals surface area contributed by atoms with E-state index in [9.17, 15) is 14.4 Å². The normalized spacial score (nSPS) is 18.0. The Labute approximate surface area is 226 Å². The summed E-state index contributed by atoms with van der Waals surface area (Å²) in [5.74, 6) is -0.775. The first kappa shape index (κ1) is 25.1.